The van der Waals surface area contributed by atoms with Crippen LogP contribution < -0.4 is 5.48 Å². The summed E-state index contributed by atoms with van der Waals surface area (Å²) in [6.07, 6.45) is 5.37. The summed E-state index contributed by atoms with van der Waals surface area (Å²) >= 11 is 0. The second kappa shape index (κ2) is 4.43. The highest BCUT2D eigenvalue weighted by molar-refractivity contribution is 6.69. The maximum Gasteiger partial charge on any atom is 0.211 e. The van der Waals surface area contributed by atoms with E-state index in [-0.39, 0.29) is 0 Å². The van der Waals surface area contributed by atoms with Crippen molar-refractivity contribution in [2.45, 2.75) is 57.3 Å². The summed E-state index contributed by atoms with van der Waals surface area (Å²) in [4.78, 5) is 0. The zero-order chi connectivity index (χ0) is 10.7. The van der Waals surface area contributed by atoms with Gasteiger partial charge in [0.2, 0.25) is 8.32 Å². The first-order chi connectivity index (χ1) is 6.47. The van der Waals surface area contributed by atoms with Crippen LogP contribution >= 0.6 is 0 Å². The van der Waals surface area contributed by atoms with Crippen molar-refractivity contribution >= 4 is 8.32 Å². The van der Waals surface area contributed by atoms with Gasteiger partial charge < -0.3 is 4.53 Å². The van der Waals surface area contributed by atoms with Crippen molar-refractivity contribution in [1.29, 1.82) is 5.26 Å². The molecule has 0 radical (unpaired) electrons. The van der Waals surface area contributed by atoms with E-state index >= 15 is 0 Å². The molecule has 0 aromatic carbocycles. The second-order valence-corrected chi connectivity index (χ2v) is 9.50. The largest absolute Gasteiger partial charge is 0.344 e. The zero-order valence-corrected chi connectivity index (χ0v) is 10.4. The molecule has 0 aliphatic heterocycles. The van der Waals surface area contributed by atoms with Crippen LogP contribution in [-0.2, 0) is 4.53 Å². The first-order valence-corrected chi connectivity index (χ1v) is 8.75. The molecule has 0 saturated heterocycles. The summed E-state index contributed by atoms with van der Waals surface area (Å²) in [5.41, 5.74) is 2.62. The Morgan fingerprint density at radius 1 is 1.21 bits per heavy atom. The molecule has 80 valence electrons. The number of hydroxylamine groups is 1. The number of nitrogens with one attached hydrogen (secondary N) is 1. The highest BCUT2D eigenvalue weighted by Crippen LogP contribution is 2.27. The highest BCUT2D eigenvalue weighted by Gasteiger charge is 2.33. The van der Waals surface area contributed by atoms with E-state index in [1.54, 1.807) is 0 Å². The summed E-state index contributed by atoms with van der Waals surface area (Å²) in [6, 6.07) is 2.38. The Labute approximate surface area is 87.5 Å². The highest BCUT2D eigenvalue weighted by atomic mass is 28.4. The first-order valence-electron chi connectivity index (χ1n) is 5.34. The fourth-order valence-electron chi connectivity index (χ4n) is 1.64. The van der Waals surface area contributed by atoms with Crippen LogP contribution in [0.4, 0.5) is 0 Å². The lowest BCUT2D eigenvalue weighted by atomic mass is 9.84. The number of hydrogen-bond donors (Lipinski definition) is 1. The minimum absolute atomic E-state index is 0.404. The van der Waals surface area contributed by atoms with Crippen LogP contribution in [0, 0.1) is 11.3 Å². The van der Waals surface area contributed by atoms with Crippen LogP contribution in [0.2, 0.25) is 19.6 Å². The molecule has 0 aromatic rings. The van der Waals surface area contributed by atoms with E-state index in [4.69, 9.17) is 9.79 Å². The predicted octanol–water partition coefficient (Wildman–Crippen LogP) is 2.57. The van der Waals surface area contributed by atoms with Gasteiger partial charge in [-0.05, 0) is 32.5 Å². The third-order valence-electron chi connectivity index (χ3n) is 2.47. The molecule has 1 saturated carbocycles. The van der Waals surface area contributed by atoms with Crippen LogP contribution in [0.3, 0.4) is 0 Å². The molecule has 0 amide bonds. The minimum Gasteiger partial charge on any atom is -0.344 e. The van der Waals surface area contributed by atoms with Gasteiger partial charge in [-0.1, -0.05) is 19.3 Å². The normalized spacial score (nSPS) is 21.6. The van der Waals surface area contributed by atoms with Crippen molar-refractivity contribution in [2.24, 2.45) is 0 Å². The Balaban J connectivity index is 2.50. The number of hydrogen-bond acceptors (Lipinski definition) is 3. The summed E-state index contributed by atoms with van der Waals surface area (Å²) in [7, 11) is -1.57. The van der Waals surface area contributed by atoms with Crippen molar-refractivity contribution in [2.75, 3.05) is 0 Å². The van der Waals surface area contributed by atoms with Crippen LogP contribution in [0.25, 0.3) is 0 Å². The lowest BCUT2D eigenvalue weighted by Crippen LogP contribution is -2.49. The van der Waals surface area contributed by atoms with Gasteiger partial charge in [-0.15, -0.1) is 0 Å². The lowest BCUT2D eigenvalue weighted by Gasteiger charge is -2.33. The van der Waals surface area contributed by atoms with Crippen LogP contribution in [-0.4, -0.2) is 13.9 Å². The summed E-state index contributed by atoms with van der Waals surface area (Å²) in [5, 5.41) is 9.16. The SMILES string of the molecule is C[Si](C)(C)ONC1(C#N)CCCCC1. The molecule has 0 aromatic heterocycles. The Morgan fingerprint density at radius 2 is 1.79 bits per heavy atom. The average molecular weight is 212 g/mol. The maximum absolute atomic E-state index is 9.16. The fourth-order valence-corrected chi connectivity index (χ4v) is 2.14. The number of rotatable bonds is 3. The molecule has 4 heteroatoms. The summed E-state index contributed by atoms with van der Waals surface area (Å²) < 4.78 is 5.63. The monoisotopic (exact) mass is 212 g/mol. The van der Waals surface area contributed by atoms with Gasteiger partial charge in [0.15, 0.2) is 0 Å². The second-order valence-electron chi connectivity index (χ2n) is 5.07. The molecule has 1 aliphatic carbocycles. The van der Waals surface area contributed by atoms with E-state index in [0.29, 0.717) is 0 Å². The first kappa shape index (κ1) is 11.7. The van der Waals surface area contributed by atoms with Gasteiger partial charge in [-0.2, -0.15) is 10.7 Å². The molecule has 1 aliphatic rings. The van der Waals surface area contributed by atoms with Crippen molar-refractivity contribution in [1.82, 2.24) is 5.48 Å². The standard InChI is InChI=1S/C10H20N2OSi/c1-14(2,3)13-12-10(9-11)7-5-4-6-8-10/h12H,4-8H2,1-3H3. The van der Waals surface area contributed by atoms with E-state index in [9.17, 15) is 0 Å². The number of nitriles is 1. The lowest BCUT2D eigenvalue weighted by molar-refractivity contribution is 0.0869. The van der Waals surface area contributed by atoms with E-state index in [1.165, 1.54) is 6.42 Å². The van der Waals surface area contributed by atoms with E-state index in [0.717, 1.165) is 25.7 Å². The molecule has 1 fully saturated rings. The molecule has 0 unspecified atom stereocenters. The molecule has 14 heavy (non-hydrogen) atoms. The molecule has 1 N–H and O–H groups in total. The van der Waals surface area contributed by atoms with Gasteiger partial charge >= 0.3 is 0 Å². The Kier molecular flexibility index (Phi) is 3.70. The van der Waals surface area contributed by atoms with Gasteiger partial charge in [0.25, 0.3) is 0 Å². The van der Waals surface area contributed by atoms with Gasteiger partial charge in [-0.3, -0.25) is 0 Å². The molecule has 1 rings (SSSR count). The quantitative estimate of drug-likeness (QED) is 0.577. The molecule has 0 atom stereocenters. The predicted molar refractivity (Wildman–Crippen MR) is 59.0 cm³/mol. The molecule has 0 bridgehead atoms. The topological polar surface area (TPSA) is 45.0 Å². The van der Waals surface area contributed by atoms with Gasteiger partial charge in [0.05, 0.1) is 6.07 Å². The smallest absolute Gasteiger partial charge is 0.211 e. The third-order valence-corrected chi connectivity index (χ3v) is 3.19. The minimum atomic E-state index is -1.57. The Hall–Kier alpha value is -0.373. The molecular formula is C10H20N2OSi. The van der Waals surface area contributed by atoms with Crippen molar-refractivity contribution in [3.63, 3.8) is 0 Å². The molecule has 3 nitrogen and oxygen atoms in total. The summed E-state index contributed by atoms with van der Waals surface area (Å²) in [5.74, 6) is 0. The van der Waals surface area contributed by atoms with Gasteiger partial charge in [0, 0.05) is 0 Å². The Bertz CT molecular complexity index is 223. The fraction of sp³-hybridized carbons (Fsp3) is 0.900. The van der Waals surface area contributed by atoms with Gasteiger partial charge in [-0.25, -0.2) is 0 Å². The van der Waals surface area contributed by atoms with Gasteiger partial charge in [0.1, 0.15) is 5.54 Å². The average Bonchev–Trinajstić information content (AvgIpc) is 2.15. The van der Waals surface area contributed by atoms with Crippen LogP contribution in [0.15, 0.2) is 0 Å². The van der Waals surface area contributed by atoms with Crippen molar-refractivity contribution in [3.05, 3.63) is 0 Å². The number of nitrogens with zero attached hydrogens (tertiary/aromatic N) is 1. The van der Waals surface area contributed by atoms with Crippen LogP contribution in [0.5, 0.6) is 0 Å². The van der Waals surface area contributed by atoms with Crippen LogP contribution in [0.1, 0.15) is 32.1 Å². The summed E-state index contributed by atoms with van der Waals surface area (Å²) in [6.45, 7) is 6.36. The van der Waals surface area contributed by atoms with E-state index in [1.807, 2.05) is 0 Å². The third kappa shape index (κ3) is 3.41. The van der Waals surface area contributed by atoms with E-state index < -0.39 is 13.9 Å². The Morgan fingerprint density at radius 3 is 2.21 bits per heavy atom. The molecular weight excluding hydrogens is 192 g/mol. The maximum atomic E-state index is 9.16. The van der Waals surface area contributed by atoms with Crippen molar-refractivity contribution in [3.8, 4) is 6.07 Å². The van der Waals surface area contributed by atoms with Crippen molar-refractivity contribution < 1.29 is 4.53 Å². The molecule has 0 heterocycles. The molecule has 0 spiro atoms. The zero-order valence-electron chi connectivity index (χ0n) is 9.39. The van der Waals surface area contributed by atoms with E-state index in [2.05, 4.69) is 31.2 Å².